The molecule has 0 aliphatic carbocycles. The maximum absolute atomic E-state index is 13.5. The van der Waals surface area contributed by atoms with Gasteiger partial charge in [0.05, 0.1) is 11.1 Å². The van der Waals surface area contributed by atoms with Gasteiger partial charge in [-0.05, 0) is 48.8 Å². The number of nitrogens with zero attached hydrogens (tertiary/aromatic N) is 1. The van der Waals surface area contributed by atoms with Crippen molar-refractivity contribution < 1.29 is 29.9 Å². The summed E-state index contributed by atoms with van der Waals surface area (Å²) < 4.78 is 80.4. The minimum Gasteiger partial charge on any atom is -0.478 e. The Hall–Kier alpha value is -2.47. The van der Waals surface area contributed by atoms with Gasteiger partial charge < -0.3 is 9.67 Å². The Bertz CT molecular complexity index is 1170. The number of hydrogen-bond acceptors (Lipinski definition) is 1. The minimum atomic E-state index is -4.74. The molecule has 0 amide bonds. The van der Waals surface area contributed by atoms with E-state index in [4.69, 9.17) is 18.5 Å². The summed E-state index contributed by atoms with van der Waals surface area (Å²) in [6.07, 6.45) is -5.20. The predicted molar refractivity (Wildman–Crippen MR) is 93.8 cm³/mol. The molecular formula is C19H15ClF3NO2. The molecule has 1 N–H and O–H groups in total. The fraction of sp³-hybridized carbons (Fsp3) is 0.211. The van der Waals surface area contributed by atoms with E-state index in [1.807, 2.05) is 0 Å². The van der Waals surface area contributed by atoms with Crippen LogP contribution in [0.2, 0.25) is 5.02 Å². The first kappa shape index (κ1) is 12.8. The maximum Gasteiger partial charge on any atom is 0.416 e. The molecule has 0 aliphatic rings. The van der Waals surface area contributed by atoms with E-state index in [0.29, 0.717) is 0 Å². The molecule has 3 aromatic rings. The Kier molecular flexibility index (Phi) is 3.29. The molecular weight excluding hydrogens is 367 g/mol. The molecule has 0 atom stereocenters. The van der Waals surface area contributed by atoms with E-state index in [1.165, 1.54) is 30.3 Å². The smallest absolute Gasteiger partial charge is 0.416 e. The molecule has 1 heterocycles. The van der Waals surface area contributed by atoms with Crippen molar-refractivity contribution in [3.63, 3.8) is 0 Å². The Balaban J connectivity index is 2.28. The molecule has 0 unspecified atom stereocenters. The van der Waals surface area contributed by atoms with Gasteiger partial charge in [0, 0.05) is 41.4 Å². The van der Waals surface area contributed by atoms with Crippen molar-refractivity contribution in [3.8, 4) is 0 Å². The zero-order valence-electron chi connectivity index (χ0n) is 18.1. The Morgan fingerprint density at radius 2 is 2.04 bits per heavy atom. The van der Waals surface area contributed by atoms with Gasteiger partial charge in [0.1, 0.15) is 0 Å². The molecule has 1 aromatic heterocycles. The lowest BCUT2D eigenvalue weighted by Gasteiger charge is -2.14. The van der Waals surface area contributed by atoms with Crippen LogP contribution in [0.25, 0.3) is 10.9 Å². The second kappa shape index (κ2) is 6.68. The zero-order valence-corrected chi connectivity index (χ0v) is 13.8. The van der Waals surface area contributed by atoms with Crippen LogP contribution in [-0.4, -0.2) is 15.6 Å². The average Bonchev–Trinajstić information content (AvgIpc) is 2.98. The summed E-state index contributed by atoms with van der Waals surface area (Å²) in [5.41, 5.74) is -1.42. The predicted octanol–water partition coefficient (Wildman–Crippen LogP) is 5.62. The highest BCUT2D eigenvalue weighted by Gasteiger charge is 2.33. The highest BCUT2D eigenvalue weighted by molar-refractivity contribution is 6.30. The number of carbonyl (C=O) groups is 1. The van der Waals surface area contributed by atoms with Crippen LogP contribution in [-0.2, 0) is 19.1 Å². The molecule has 0 bridgehead atoms. The number of aromatic nitrogens is 1. The van der Waals surface area contributed by atoms with Crippen LogP contribution < -0.4 is 0 Å². The lowest BCUT2D eigenvalue weighted by atomic mass is 10.0. The van der Waals surface area contributed by atoms with Crippen LogP contribution in [0.1, 0.15) is 40.9 Å². The molecule has 0 radical (unpaired) electrons. The minimum absolute atomic E-state index is 0.0450. The topological polar surface area (TPSA) is 42.2 Å². The zero-order chi connectivity index (χ0) is 23.4. The van der Waals surface area contributed by atoms with E-state index in [1.54, 1.807) is 0 Å². The highest BCUT2D eigenvalue weighted by atomic mass is 35.5. The van der Waals surface area contributed by atoms with E-state index in [-0.39, 0.29) is 32.7 Å². The monoisotopic (exact) mass is 386 g/mol. The van der Waals surface area contributed by atoms with Crippen LogP contribution in [0.4, 0.5) is 13.2 Å². The summed E-state index contributed by atoms with van der Waals surface area (Å²) in [6.45, 7) is -6.12. The SMILES string of the molecule is [2H]C([2H])([2H])C([2H])([2H])n1c(Cc2ccc(Cl)cc2C(F)(F)F)cc2cc(C(=O)O)ccc21. The van der Waals surface area contributed by atoms with Crippen molar-refractivity contribution >= 4 is 28.5 Å². The third-order valence-electron chi connectivity index (χ3n) is 3.99. The summed E-state index contributed by atoms with van der Waals surface area (Å²) >= 11 is 5.71. The fourth-order valence-corrected chi connectivity index (χ4v) is 3.00. The lowest BCUT2D eigenvalue weighted by Crippen LogP contribution is -2.11. The molecule has 0 spiro atoms. The fourth-order valence-electron chi connectivity index (χ4n) is 2.83. The number of hydrogen-bond donors (Lipinski definition) is 1. The number of rotatable bonds is 4. The van der Waals surface area contributed by atoms with Crippen LogP contribution >= 0.6 is 11.6 Å². The molecule has 0 aliphatic heterocycles. The van der Waals surface area contributed by atoms with Gasteiger partial charge in [-0.15, -0.1) is 0 Å². The molecule has 0 fully saturated rings. The van der Waals surface area contributed by atoms with Gasteiger partial charge in [0.2, 0.25) is 0 Å². The van der Waals surface area contributed by atoms with Crippen LogP contribution in [0, 0.1) is 0 Å². The highest BCUT2D eigenvalue weighted by Crippen LogP contribution is 2.35. The summed E-state index contributed by atoms with van der Waals surface area (Å²) in [6, 6.07) is 8.04. The lowest BCUT2D eigenvalue weighted by molar-refractivity contribution is -0.138. The normalized spacial score (nSPS) is 15.8. The average molecular weight is 387 g/mol. The Morgan fingerprint density at radius 1 is 1.27 bits per heavy atom. The third-order valence-corrected chi connectivity index (χ3v) is 4.22. The quantitative estimate of drug-likeness (QED) is 0.632. The van der Waals surface area contributed by atoms with Gasteiger partial charge in [-0.25, -0.2) is 4.79 Å². The van der Waals surface area contributed by atoms with Gasteiger partial charge in [-0.3, -0.25) is 0 Å². The van der Waals surface area contributed by atoms with Crippen LogP contribution in [0.15, 0.2) is 42.5 Å². The van der Waals surface area contributed by atoms with Crippen LogP contribution in [0.5, 0.6) is 0 Å². The molecule has 0 saturated heterocycles. The molecule has 3 rings (SSSR count). The van der Waals surface area contributed by atoms with E-state index in [0.717, 1.165) is 16.7 Å². The molecule has 7 heteroatoms. The Morgan fingerprint density at radius 3 is 2.69 bits per heavy atom. The van der Waals surface area contributed by atoms with Crippen molar-refractivity contribution in [1.82, 2.24) is 4.57 Å². The second-order valence-corrected chi connectivity index (χ2v) is 6.07. The summed E-state index contributed by atoms with van der Waals surface area (Å²) in [4.78, 5) is 11.3. The maximum atomic E-state index is 13.5. The molecule has 0 saturated carbocycles. The largest absolute Gasteiger partial charge is 0.478 e. The van der Waals surface area contributed by atoms with E-state index >= 15 is 0 Å². The van der Waals surface area contributed by atoms with Crippen molar-refractivity contribution in [2.75, 3.05) is 0 Å². The van der Waals surface area contributed by atoms with Crippen molar-refractivity contribution in [1.29, 1.82) is 0 Å². The number of alkyl halides is 3. The first-order valence-electron chi connectivity index (χ1n) is 9.87. The first-order valence-corrected chi connectivity index (χ1v) is 7.74. The van der Waals surface area contributed by atoms with Gasteiger partial charge in [-0.1, -0.05) is 17.7 Å². The number of aryl methyl sites for hydroxylation is 1. The van der Waals surface area contributed by atoms with E-state index < -0.39 is 37.5 Å². The van der Waals surface area contributed by atoms with Crippen molar-refractivity contribution in [2.24, 2.45) is 0 Å². The number of carboxylic acids is 1. The van der Waals surface area contributed by atoms with E-state index in [9.17, 15) is 23.1 Å². The molecule has 26 heavy (non-hydrogen) atoms. The molecule has 2 aromatic carbocycles. The van der Waals surface area contributed by atoms with Gasteiger partial charge in [-0.2, -0.15) is 13.2 Å². The number of benzene rings is 2. The summed E-state index contributed by atoms with van der Waals surface area (Å²) in [5, 5.41) is 9.24. The van der Waals surface area contributed by atoms with Crippen molar-refractivity contribution in [3.05, 3.63) is 69.9 Å². The summed E-state index contributed by atoms with van der Waals surface area (Å²) in [5.74, 6) is -1.26. The number of carboxylic acid groups (broad SMARTS) is 1. The van der Waals surface area contributed by atoms with Gasteiger partial charge >= 0.3 is 12.1 Å². The van der Waals surface area contributed by atoms with E-state index in [2.05, 4.69) is 0 Å². The standard InChI is InChI=1S/C19H15ClF3NO2/c1-2-24-15(9-13-7-12(18(25)26)4-6-17(13)24)8-11-3-5-14(20)10-16(11)19(21,22)23/h3-7,9-10H,2,8H2,1H3,(H,25,26)/i1D3,2D2. The van der Waals surface area contributed by atoms with Gasteiger partial charge in [0.25, 0.3) is 0 Å². The number of halogens is 4. The third kappa shape index (κ3) is 3.42. The number of aromatic carboxylic acids is 1. The second-order valence-electron chi connectivity index (χ2n) is 5.64. The summed E-state index contributed by atoms with van der Waals surface area (Å²) in [7, 11) is 0. The first-order chi connectivity index (χ1) is 14.1. The number of fused-ring (bicyclic) bond motifs is 1. The van der Waals surface area contributed by atoms with Crippen LogP contribution in [0.3, 0.4) is 0 Å². The molecule has 3 nitrogen and oxygen atoms in total. The molecule has 136 valence electrons. The van der Waals surface area contributed by atoms with Crippen molar-refractivity contribution in [2.45, 2.75) is 25.9 Å². The Labute approximate surface area is 159 Å². The van der Waals surface area contributed by atoms with Gasteiger partial charge in [0.15, 0.2) is 0 Å².